The number of aliphatic carboxylic acids is 1. The third-order valence-electron chi connectivity index (χ3n) is 5.06. The summed E-state index contributed by atoms with van der Waals surface area (Å²) < 4.78 is 4.92. The van der Waals surface area contributed by atoms with Crippen LogP contribution in [0.1, 0.15) is 84.0 Å². The van der Waals surface area contributed by atoms with Gasteiger partial charge in [0.05, 0.1) is 13.2 Å². The average Bonchev–Trinajstić information content (AvgIpc) is 2.65. The number of carbonyl (C=O) groups excluding carboxylic acids is 1. The molecule has 0 bridgehead atoms. The highest BCUT2D eigenvalue weighted by Gasteiger charge is 2.43. The standard InChI is InChI=1S/C20H39NO6/c1-2-3-4-5-6-7-8-9-10-11-12-13-17(24)20(15-22,16-23)19(21)27-14-18(25)26/h19,22-23H,2-16,21H2,1H3,(H,25,26). The lowest BCUT2D eigenvalue weighted by Crippen LogP contribution is -2.54. The van der Waals surface area contributed by atoms with Gasteiger partial charge in [0.15, 0.2) is 0 Å². The van der Waals surface area contributed by atoms with E-state index in [1.165, 1.54) is 44.9 Å². The first-order valence-corrected chi connectivity index (χ1v) is 10.3. The molecule has 0 amide bonds. The van der Waals surface area contributed by atoms with Gasteiger partial charge in [-0.25, -0.2) is 4.79 Å². The lowest BCUT2D eigenvalue weighted by Gasteiger charge is -2.33. The first-order valence-electron chi connectivity index (χ1n) is 10.3. The van der Waals surface area contributed by atoms with Crippen molar-refractivity contribution in [1.82, 2.24) is 0 Å². The van der Waals surface area contributed by atoms with Crippen LogP contribution >= 0.6 is 0 Å². The molecule has 0 heterocycles. The minimum Gasteiger partial charge on any atom is -0.480 e. The Morgan fingerprint density at radius 2 is 1.33 bits per heavy atom. The molecule has 0 saturated heterocycles. The molecule has 0 aromatic rings. The monoisotopic (exact) mass is 389 g/mol. The molecule has 0 spiro atoms. The van der Waals surface area contributed by atoms with Crippen LogP contribution in [0.2, 0.25) is 0 Å². The van der Waals surface area contributed by atoms with Crippen molar-refractivity contribution in [2.24, 2.45) is 11.1 Å². The second kappa shape index (κ2) is 16.0. The molecule has 0 aromatic heterocycles. The zero-order chi connectivity index (χ0) is 20.5. The highest BCUT2D eigenvalue weighted by atomic mass is 16.5. The molecule has 160 valence electrons. The van der Waals surface area contributed by atoms with Crippen LogP contribution in [0.15, 0.2) is 0 Å². The van der Waals surface area contributed by atoms with Crippen molar-refractivity contribution in [3.8, 4) is 0 Å². The quantitative estimate of drug-likeness (QED) is 0.197. The Bertz CT molecular complexity index is 398. The second-order valence-electron chi connectivity index (χ2n) is 7.31. The third kappa shape index (κ3) is 10.8. The summed E-state index contributed by atoms with van der Waals surface area (Å²) in [5, 5.41) is 27.8. The Labute approximate surface area is 163 Å². The van der Waals surface area contributed by atoms with E-state index in [0.29, 0.717) is 6.42 Å². The maximum atomic E-state index is 12.4. The maximum absolute atomic E-state index is 12.4. The SMILES string of the molecule is CCCCCCCCCCCCCC(=O)C(CO)(CO)C(N)OCC(=O)O. The van der Waals surface area contributed by atoms with Crippen LogP contribution in [0.5, 0.6) is 0 Å². The van der Waals surface area contributed by atoms with Crippen LogP contribution in [-0.4, -0.2) is 53.1 Å². The van der Waals surface area contributed by atoms with Gasteiger partial charge in [0.2, 0.25) is 0 Å². The number of carboxylic acid groups (broad SMARTS) is 1. The van der Waals surface area contributed by atoms with E-state index in [9.17, 15) is 19.8 Å². The van der Waals surface area contributed by atoms with Crippen LogP contribution in [0, 0.1) is 5.41 Å². The summed E-state index contributed by atoms with van der Waals surface area (Å²) in [5.41, 5.74) is 4.07. The Balaban J connectivity index is 4.02. The van der Waals surface area contributed by atoms with E-state index in [0.717, 1.165) is 19.3 Å². The van der Waals surface area contributed by atoms with E-state index in [4.69, 9.17) is 15.6 Å². The fraction of sp³-hybridized carbons (Fsp3) is 0.900. The van der Waals surface area contributed by atoms with Gasteiger partial charge in [-0.1, -0.05) is 71.1 Å². The van der Waals surface area contributed by atoms with Crippen LogP contribution in [-0.2, 0) is 14.3 Å². The minimum absolute atomic E-state index is 0.183. The molecule has 7 nitrogen and oxygen atoms in total. The Kier molecular flexibility index (Phi) is 15.4. The maximum Gasteiger partial charge on any atom is 0.329 e. The number of aliphatic hydroxyl groups is 2. The summed E-state index contributed by atoms with van der Waals surface area (Å²) in [6, 6.07) is 0. The van der Waals surface area contributed by atoms with Gasteiger partial charge in [0.25, 0.3) is 0 Å². The summed E-state index contributed by atoms with van der Waals surface area (Å²) in [4.78, 5) is 23.0. The van der Waals surface area contributed by atoms with E-state index in [1.54, 1.807) is 0 Å². The molecule has 0 fully saturated rings. The van der Waals surface area contributed by atoms with Crippen molar-refractivity contribution in [2.75, 3.05) is 19.8 Å². The first kappa shape index (κ1) is 26.0. The summed E-state index contributed by atoms with van der Waals surface area (Å²) in [5.74, 6) is -1.62. The zero-order valence-electron chi connectivity index (χ0n) is 16.8. The van der Waals surface area contributed by atoms with Gasteiger partial charge in [-0.05, 0) is 6.42 Å². The van der Waals surface area contributed by atoms with Crippen LogP contribution < -0.4 is 5.73 Å². The van der Waals surface area contributed by atoms with Crippen LogP contribution in [0.4, 0.5) is 0 Å². The van der Waals surface area contributed by atoms with E-state index in [2.05, 4.69) is 6.92 Å². The molecule has 0 aliphatic carbocycles. The van der Waals surface area contributed by atoms with Gasteiger partial charge in [-0.3, -0.25) is 4.79 Å². The molecular formula is C20H39NO6. The number of ether oxygens (including phenoxy) is 1. The zero-order valence-corrected chi connectivity index (χ0v) is 16.8. The largest absolute Gasteiger partial charge is 0.480 e. The van der Waals surface area contributed by atoms with Crippen molar-refractivity contribution in [2.45, 2.75) is 90.2 Å². The molecule has 0 aliphatic heterocycles. The minimum atomic E-state index is -1.66. The molecule has 1 atom stereocenters. The number of hydrogen-bond donors (Lipinski definition) is 4. The topological polar surface area (TPSA) is 130 Å². The van der Waals surface area contributed by atoms with Crippen LogP contribution in [0.25, 0.3) is 0 Å². The highest BCUT2D eigenvalue weighted by molar-refractivity contribution is 5.85. The van der Waals surface area contributed by atoms with E-state index in [-0.39, 0.29) is 12.2 Å². The Morgan fingerprint density at radius 3 is 1.74 bits per heavy atom. The number of rotatable bonds is 19. The van der Waals surface area contributed by atoms with Crippen molar-refractivity contribution >= 4 is 11.8 Å². The molecule has 27 heavy (non-hydrogen) atoms. The molecule has 0 aliphatic rings. The molecule has 0 aromatic carbocycles. The molecule has 0 radical (unpaired) electrons. The van der Waals surface area contributed by atoms with E-state index >= 15 is 0 Å². The lowest BCUT2D eigenvalue weighted by molar-refractivity contribution is -0.160. The fourth-order valence-electron chi connectivity index (χ4n) is 3.08. The number of carbonyl (C=O) groups is 2. The number of Topliss-reactive ketones (excluding diaryl/α,β-unsaturated/α-hetero) is 1. The number of carboxylic acids is 1. The van der Waals surface area contributed by atoms with Gasteiger partial charge in [0, 0.05) is 6.42 Å². The summed E-state index contributed by atoms with van der Waals surface area (Å²) >= 11 is 0. The summed E-state index contributed by atoms with van der Waals surface area (Å²) in [7, 11) is 0. The van der Waals surface area contributed by atoms with Crippen molar-refractivity contribution in [1.29, 1.82) is 0 Å². The number of aliphatic hydroxyl groups excluding tert-OH is 2. The summed E-state index contributed by atoms with van der Waals surface area (Å²) in [6.07, 6.45) is 11.6. The predicted molar refractivity (Wildman–Crippen MR) is 104 cm³/mol. The van der Waals surface area contributed by atoms with E-state index in [1.807, 2.05) is 0 Å². The van der Waals surface area contributed by atoms with Crippen molar-refractivity contribution < 1.29 is 29.6 Å². The Morgan fingerprint density at radius 1 is 0.889 bits per heavy atom. The summed E-state index contributed by atoms with van der Waals surface area (Å²) in [6.45, 7) is 0.170. The van der Waals surface area contributed by atoms with Gasteiger partial charge < -0.3 is 25.8 Å². The van der Waals surface area contributed by atoms with Gasteiger partial charge in [0.1, 0.15) is 24.0 Å². The Hall–Kier alpha value is -1.02. The normalized spacial score (nSPS) is 12.9. The molecule has 1 unspecified atom stereocenters. The van der Waals surface area contributed by atoms with E-state index < -0.39 is 37.4 Å². The van der Waals surface area contributed by atoms with Gasteiger partial charge in [-0.2, -0.15) is 0 Å². The first-order chi connectivity index (χ1) is 12.9. The highest BCUT2D eigenvalue weighted by Crippen LogP contribution is 2.25. The van der Waals surface area contributed by atoms with Crippen molar-refractivity contribution in [3.63, 3.8) is 0 Å². The molecule has 5 N–H and O–H groups in total. The molecule has 0 saturated carbocycles. The predicted octanol–water partition coefficient (Wildman–Crippen LogP) is 2.61. The second-order valence-corrected chi connectivity index (χ2v) is 7.31. The number of hydrogen-bond acceptors (Lipinski definition) is 6. The van der Waals surface area contributed by atoms with Crippen molar-refractivity contribution in [3.05, 3.63) is 0 Å². The average molecular weight is 390 g/mol. The molecular weight excluding hydrogens is 350 g/mol. The van der Waals surface area contributed by atoms with Crippen LogP contribution in [0.3, 0.4) is 0 Å². The molecule has 0 rings (SSSR count). The third-order valence-corrected chi connectivity index (χ3v) is 5.06. The van der Waals surface area contributed by atoms with Gasteiger partial charge >= 0.3 is 5.97 Å². The number of unbranched alkanes of at least 4 members (excludes halogenated alkanes) is 10. The van der Waals surface area contributed by atoms with Gasteiger partial charge in [-0.15, -0.1) is 0 Å². The number of nitrogens with two attached hydrogens (primary N) is 1. The smallest absolute Gasteiger partial charge is 0.329 e. The fourth-order valence-corrected chi connectivity index (χ4v) is 3.08. The number of ketones is 1. The lowest BCUT2D eigenvalue weighted by atomic mass is 9.81. The molecule has 7 heteroatoms.